The van der Waals surface area contributed by atoms with E-state index in [1.807, 2.05) is 39.8 Å². The van der Waals surface area contributed by atoms with Crippen molar-refractivity contribution in [2.75, 3.05) is 20.7 Å². The SMILES string of the molecule is CN=C(NCc1ccc(OC(C)C)nc1)NCC(C)(C)OC. The van der Waals surface area contributed by atoms with Crippen molar-refractivity contribution in [3.63, 3.8) is 0 Å². The van der Waals surface area contributed by atoms with Crippen molar-refractivity contribution in [1.29, 1.82) is 0 Å². The fourth-order valence-corrected chi connectivity index (χ4v) is 1.60. The van der Waals surface area contributed by atoms with Gasteiger partial charge >= 0.3 is 0 Å². The van der Waals surface area contributed by atoms with Gasteiger partial charge in [0, 0.05) is 39.5 Å². The van der Waals surface area contributed by atoms with Gasteiger partial charge in [0.1, 0.15) is 0 Å². The van der Waals surface area contributed by atoms with Crippen LogP contribution in [0.4, 0.5) is 0 Å². The molecular weight excluding hydrogens is 280 g/mol. The fourth-order valence-electron chi connectivity index (χ4n) is 1.60. The minimum Gasteiger partial charge on any atom is -0.475 e. The van der Waals surface area contributed by atoms with E-state index in [0.29, 0.717) is 19.0 Å². The number of guanidine groups is 1. The van der Waals surface area contributed by atoms with Gasteiger partial charge in [-0.3, -0.25) is 4.99 Å². The molecule has 22 heavy (non-hydrogen) atoms. The zero-order valence-electron chi connectivity index (χ0n) is 14.4. The van der Waals surface area contributed by atoms with E-state index in [1.165, 1.54) is 0 Å². The molecule has 0 bridgehead atoms. The number of hydrogen-bond acceptors (Lipinski definition) is 4. The van der Waals surface area contributed by atoms with Gasteiger partial charge in [0.2, 0.25) is 5.88 Å². The van der Waals surface area contributed by atoms with Gasteiger partial charge in [-0.15, -0.1) is 0 Å². The number of pyridine rings is 1. The molecule has 1 aromatic heterocycles. The summed E-state index contributed by atoms with van der Waals surface area (Å²) >= 11 is 0. The molecule has 2 N–H and O–H groups in total. The van der Waals surface area contributed by atoms with Crippen LogP contribution in [0.15, 0.2) is 23.3 Å². The molecule has 124 valence electrons. The Morgan fingerprint density at radius 1 is 1.32 bits per heavy atom. The molecule has 0 aromatic carbocycles. The maximum Gasteiger partial charge on any atom is 0.213 e. The molecule has 0 saturated heterocycles. The fraction of sp³-hybridized carbons (Fsp3) is 0.625. The molecule has 1 aromatic rings. The molecule has 0 atom stereocenters. The van der Waals surface area contributed by atoms with Crippen LogP contribution in [0.3, 0.4) is 0 Å². The number of aromatic nitrogens is 1. The Morgan fingerprint density at radius 2 is 2.05 bits per heavy atom. The van der Waals surface area contributed by atoms with Gasteiger partial charge in [-0.1, -0.05) is 6.07 Å². The zero-order valence-corrected chi connectivity index (χ0v) is 14.4. The monoisotopic (exact) mass is 308 g/mol. The summed E-state index contributed by atoms with van der Waals surface area (Å²) < 4.78 is 10.9. The van der Waals surface area contributed by atoms with Crippen LogP contribution in [-0.4, -0.2) is 43.4 Å². The number of aliphatic imine (C=N–C) groups is 1. The lowest BCUT2D eigenvalue weighted by Gasteiger charge is -2.24. The van der Waals surface area contributed by atoms with Gasteiger partial charge in [0.05, 0.1) is 11.7 Å². The molecule has 6 nitrogen and oxygen atoms in total. The third-order valence-electron chi connectivity index (χ3n) is 3.07. The van der Waals surface area contributed by atoms with Gasteiger partial charge in [-0.05, 0) is 33.3 Å². The summed E-state index contributed by atoms with van der Waals surface area (Å²) in [6.07, 6.45) is 1.93. The molecule has 0 unspecified atom stereocenters. The molecule has 0 aliphatic heterocycles. The van der Waals surface area contributed by atoms with Crippen molar-refractivity contribution in [1.82, 2.24) is 15.6 Å². The van der Waals surface area contributed by atoms with Crippen LogP contribution >= 0.6 is 0 Å². The van der Waals surface area contributed by atoms with Crippen LogP contribution in [0.2, 0.25) is 0 Å². The third kappa shape index (κ3) is 6.76. The lowest BCUT2D eigenvalue weighted by Crippen LogP contribution is -2.45. The first-order valence-electron chi connectivity index (χ1n) is 7.47. The van der Waals surface area contributed by atoms with Crippen LogP contribution in [0.25, 0.3) is 0 Å². The quantitative estimate of drug-likeness (QED) is 0.595. The normalized spacial score (nSPS) is 12.4. The molecule has 0 aliphatic carbocycles. The van der Waals surface area contributed by atoms with Crippen LogP contribution in [-0.2, 0) is 11.3 Å². The maximum absolute atomic E-state index is 5.52. The van der Waals surface area contributed by atoms with Crippen LogP contribution < -0.4 is 15.4 Å². The number of ether oxygens (including phenoxy) is 2. The van der Waals surface area contributed by atoms with E-state index in [1.54, 1.807) is 20.4 Å². The molecule has 0 fully saturated rings. The predicted octanol–water partition coefficient (Wildman–Crippen LogP) is 1.96. The summed E-state index contributed by atoms with van der Waals surface area (Å²) in [5.41, 5.74) is 0.819. The van der Waals surface area contributed by atoms with Gasteiger partial charge in [0.25, 0.3) is 0 Å². The van der Waals surface area contributed by atoms with Crippen LogP contribution in [0.5, 0.6) is 5.88 Å². The van der Waals surface area contributed by atoms with Crippen molar-refractivity contribution < 1.29 is 9.47 Å². The Morgan fingerprint density at radius 3 is 2.55 bits per heavy atom. The van der Waals surface area contributed by atoms with E-state index in [9.17, 15) is 0 Å². The van der Waals surface area contributed by atoms with Crippen LogP contribution in [0.1, 0.15) is 33.3 Å². The average molecular weight is 308 g/mol. The largest absolute Gasteiger partial charge is 0.475 e. The summed E-state index contributed by atoms with van der Waals surface area (Å²) in [4.78, 5) is 8.47. The molecule has 0 aliphatic rings. The Bertz CT molecular complexity index is 470. The first-order chi connectivity index (χ1) is 10.4. The molecule has 0 amide bonds. The number of nitrogens with zero attached hydrogens (tertiary/aromatic N) is 2. The number of nitrogens with one attached hydrogen (secondary N) is 2. The highest BCUT2D eigenvalue weighted by molar-refractivity contribution is 5.79. The minimum atomic E-state index is -0.241. The van der Waals surface area contributed by atoms with Crippen LogP contribution in [0, 0.1) is 0 Å². The van der Waals surface area contributed by atoms with E-state index in [4.69, 9.17) is 9.47 Å². The topological polar surface area (TPSA) is 67.8 Å². The second kappa shape index (κ2) is 8.58. The lowest BCUT2D eigenvalue weighted by molar-refractivity contribution is 0.0268. The van der Waals surface area contributed by atoms with Gasteiger partial charge in [-0.25, -0.2) is 4.98 Å². The molecule has 0 radical (unpaired) electrons. The molecular formula is C16H28N4O2. The van der Waals surface area contributed by atoms with E-state index in [-0.39, 0.29) is 11.7 Å². The van der Waals surface area contributed by atoms with E-state index < -0.39 is 0 Å². The Kier molecular flexibility index (Phi) is 7.11. The van der Waals surface area contributed by atoms with Crippen molar-refractivity contribution in [2.45, 2.75) is 45.9 Å². The number of rotatable bonds is 7. The molecule has 1 rings (SSSR count). The van der Waals surface area contributed by atoms with Crippen molar-refractivity contribution in [2.24, 2.45) is 4.99 Å². The standard InChI is InChI=1S/C16H28N4O2/c1-12(2)22-14-8-7-13(9-18-14)10-19-15(17-5)20-11-16(3,4)21-6/h7-9,12H,10-11H2,1-6H3,(H2,17,19,20). The zero-order chi connectivity index (χ0) is 16.6. The highest BCUT2D eigenvalue weighted by atomic mass is 16.5. The van der Waals surface area contributed by atoms with Crippen molar-refractivity contribution >= 4 is 5.96 Å². The summed E-state index contributed by atoms with van der Waals surface area (Å²) in [6.45, 7) is 9.31. The Balaban J connectivity index is 2.46. The van der Waals surface area contributed by atoms with Crippen molar-refractivity contribution in [3.05, 3.63) is 23.9 Å². The van der Waals surface area contributed by atoms with Gasteiger partial charge < -0.3 is 20.1 Å². The lowest BCUT2D eigenvalue weighted by atomic mass is 10.1. The summed E-state index contributed by atoms with van der Waals surface area (Å²) in [5.74, 6) is 1.37. The van der Waals surface area contributed by atoms with E-state index >= 15 is 0 Å². The molecule has 1 heterocycles. The summed E-state index contributed by atoms with van der Waals surface area (Å²) in [6, 6.07) is 3.87. The average Bonchev–Trinajstić information content (AvgIpc) is 2.48. The second-order valence-corrected chi connectivity index (χ2v) is 5.91. The second-order valence-electron chi connectivity index (χ2n) is 5.91. The first kappa shape index (κ1) is 18.2. The van der Waals surface area contributed by atoms with E-state index in [2.05, 4.69) is 20.6 Å². The highest BCUT2D eigenvalue weighted by Crippen LogP contribution is 2.09. The van der Waals surface area contributed by atoms with Gasteiger partial charge in [-0.2, -0.15) is 0 Å². The smallest absolute Gasteiger partial charge is 0.213 e. The van der Waals surface area contributed by atoms with Crippen molar-refractivity contribution in [3.8, 4) is 5.88 Å². The Hall–Kier alpha value is -1.82. The molecule has 0 saturated carbocycles. The number of hydrogen-bond donors (Lipinski definition) is 2. The molecule has 0 spiro atoms. The van der Waals surface area contributed by atoms with Gasteiger partial charge in [0.15, 0.2) is 5.96 Å². The summed E-state index contributed by atoms with van der Waals surface area (Å²) in [7, 11) is 3.44. The molecule has 6 heteroatoms. The predicted molar refractivity (Wildman–Crippen MR) is 89.3 cm³/mol. The highest BCUT2D eigenvalue weighted by Gasteiger charge is 2.16. The first-order valence-corrected chi connectivity index (χ1v) is 7.47. The number of methoxy groups -OCH3 is 1. The summed E-state index contributed by atoms with van der Waals surface area (Å²) in [5, 5.41) is 6.48. The maximum atomic E-state index is 5.52. The van der Waals surface area contributed by atoms with E-state index in [0.717, 1.165) is 11.5 Å². The minimum absolute atomic E-state index is 0.128. The Labute approximate surface area is 133 Å². The third-order valence-corrected chi connectivity index (χ3v) is 3.07.